The third kappa shape index (κ3) is 5.05. The molecule has 4 rings (SSSR count). The Labute approximate surface area is 173 Å². The summed E-state index contributed by atoms with van der Waals surface area (Å²) in [7, 11) is 0. The standard InChI is InChI=1S/C23H22FN3O3/c24-18-6-2-8-21(13-18)30-22-17(5-3-11-25-22)14-26-23(29)27(19-9-10-19)15-16-4-1-7-20(28)12-16/h1-8,11-13,19,28H,9-10,14-15H2,(H,26,29). The van der Waals surface area contributed by atoms with Crippen LogP contribution in [0.1, 0.15) is 24.0 Å². The van der Waals surface area contributed by atoms with Crippen LogP contribution in [0.2, 0.25) is 0 Å². The van der Waals surface area contributed by atoms with Crippen LogP contribution in [0.5, 0.6) is 17.4 Å². The summed E-state index contributed by atoms with van der Waals surface area (Å²) in [6.45, 7) is 0.644. The predicted molar refractivity (Wildman–Crippen MR) is 110 cm³/mol. The molecule has 1 aliphatic carbocycles. The van der Waals surface area contributed by atoms with Crippen LogP contribution < -0.4 is 10.1 Å². The first-order valence-electron chi connectivity index (χ1n) is 9.78. The first-order chi connectivity index (χ1) is 14.6. The monoisotopic (exact) mass is 407 g/mol. The topological polar surface area (TPSA) is 74.7 Å². The number of nitrogens with zero attached hydrogens (tertiary/aromatic N) is 2. The molecule has 0 saturated heterocycles. The molecule has 2 N–H and O–H groups in total. The molecule has 0 aliphatic heterocycles. The molecule has 0 atom stereocenters. The van der Waals surface area contributed by atoms with Crippen LogP contribution in [-0.2, 0) is 13.1 Å². The van der Waals surface area contributed by atoms with Crippen molar-refractivity contribution in [1.29, 1.82) is 0 Å². The number of phenols is 1. The van der Waals surface area contributed by atoms with Gasteiger partial charge >= 0.3 is 6.03 Å². The Morgan fingerprint density at radius 1 is 1.17 bits per heavy atom. The summed E-state index contributed by atoms with van der Waals surface area (Å²) in [6, 6.07) is 16.3. The van der Waals surface area contributed by atoms with Crippen LogP contribution in [-0.4, -0.2) is 27.1 Å². The molecule has 1 heterocycles. The minimum Gasteiger partial charge on any atom is -0.508 e. The highest BCUT2D eigenvalue weighted by atomic mass is 19.1. The predicted octanol–water partition coefficient (Wildman–Crippen LogP) is 4.59. The van der Waals surface area contributed by atoms with Crippen LogP contribution in [0.3, 0.4) is 0 Å². The number of benzene rings is 2. The lowest BCUT2D eigenvalue weighted by atomic mass is 10.2. The fraction of sp³-hybridized carbons (Fsp3) is 0.217. The van der Waals surface area contributed by atoms with E-state index in [4.69, 9.17) is 4.74 Å². The van der Waals surface area contributed by atoms with Crippen molar-refractivity contribution >= 4 is 6.03 Å². The average molecular weight is 407 g/mol. The van der Waals surface area contributed by atoms with Gasteiger partial charge in [0, 0.05) is 37.0 Å². The highest BCUT2D eigenvalue weighted by Crippen LogP contribution is 2.29. The molecule has 0 spiro atoms. The van der Waals surface area contributed by atoms with Gasteiger partial charge in [-0.15, -0.1) is 0 Å². The van der Waals surface area contributed by atoms with Gasteiger partial charge in [0.2, 0.25) is 5.88 Å². The zero-order chi connectivity index (χ0) is 20.9. The molecule has 0 bridgehead atoms. The number of hydrogen-bond donors (Lipinski definition) is 2. The van der Waals surface area contributed by atoms with E-state index in [-0.39, 0.29) is 24.4 Å². The lowest BCUT2D eigenvalue weighted by Gasteiger charge is -2.23. The number of hydrogen-bond acceptors (Lipinski definition) is 4. The van der Waals surface area contributed by atoms with Crippen molar-refractivity contribution in [1.82, 2.24) is 15.2 Å². The van der Waals surface area contributed by atoms with Gasteiger partial charge in [-0.05, 0) is 48.7 Å². The minimum absolute atomic E-state index is 0.179. The molecule has 2 aromatic carbocycles. The number of ether oxygens (including phenoxy) is 1. The van der Waals surface area contributed by atoms with Crippen LogP contribution in [0.15, 0.2) is 66.9 Å². The minimum atomic E-state index is -0.398. The maximum absolute atomic E-state index is 13.4. The second kappa shape index (κ2) is 8.82. The van der Waals surface area contributed by atoms with E-state index >= 15 is 0 Å². The lowest BCUT2D eigenvalue weighted by Crippen LogP contribution is -2.40. The van der Waals surface area contributed by atoms with E-state index in [9.17, 15) is 14.3 Å². The van der Waals surface area contributed by atoms with Gasteiger partial charge in [-0.25, -0.2) is 14.2 Å². The van der Waals surface area contributed by atoms with Crippen molar-refractivity contribution in [3.8, 4) is 17.4 Å². The van der Waals surface area contributed by atoms with Gasteiger partial charge in [0.15, 0.2) is 0 Å². The van der Waals surface area contributed by atoms with Crippen LogP contribution in [0.4, 0.5) is 9.18 Å². The maximum Gasteiger partial charge on any atom is 0.318 e. The van der Waals surface area contributed by atoms with E-state index < -0.39 is 5.82 Å². The zero-order valence-corrected chi connectivity index (χ0v) is 16.3. The summed E-state index contributed by atoms with van der Waals surface area (Å²) in [4.78, 5) is 18.8. The van der Waals surface area contributed by atoms with Crippen molar-refractivity contribution in [2.24, 2.45) is 0 Å². The summed E-state index contributed by atoms with van der Waals surface area (Å²) in [6.07, 6.45) is 3.51. The summed E-state index contributed by atoms with van der Waals surface area (Å²) in [5.74, 6) is 0.433. The van der Waals surface area contributed by atoms with Crippen LogP contribution >= 0.6 is 0 Å². The first kappa shape index (κ1) is 19.7. The smallest absolute Gasteiger partial charge is 0.318 e. The molecule has 7 heteroatoms. The molecule has 1 fully saturated rings. The van der Waals surface area contributed by atoms with Gasteiger partial charge in [-0.1, -0.05) is 24.3 Å². The van der Waals surface area contributed by atoms with Gasteiger partial charge in [-0.2, -0.15) is 0 Å². The highest BCUT2D eigenvalue weighted by Gasteiger charge is 2.32. The van der Waals surface area contributed by atoms with Crippen LogP contribution in [0.25, 0.3) is 0 Å². The Bertz CT molecular complexity index is 1040. The van der Waals surface area contributed by atoms with Gasteiger partial charge in [0.05, 0.1) is 0 Å². The van der Waals surface area contributed by atoms with Crippen molar-refractivity contribution < 1.29 is 19.0 Å². The third-order valence-electron chi connectivity index (χ3n) is 4.80. The van der Waals surface area contributed by atoms with Crippen LogP contribution in [0, 0.1) is 5.82 Å². The Morgan fingerprint density at radius 3 is 2.77 bits per heavy atom. The number of carbonyl (C=O) groups is 1. The number of urea groups is 1. The number of rotatable bonds is 7. The number of pyridine rings is 1. The SMILES string of the molecule is O=C(NCc1cccnc1Oc1cccc(F)c1)N(Cc1cccc(O)c1)C1CC1. The van der Waals surface area contributed by atoms with Gasteiger partial charge in [0.25, 0.3) is 0 Å². The highest BCUT2D eigenvalue weighted by molar-refractivity contribution is 5.75. The molecule has 3 aromatic rings. The van der Waals surface area contributed by atoms with E-state index in [2.05, 4.69) is 10.3 Å². The second-order valence-corrected chi connectivity index (χ2v) is 7.21. The Morgan fingerprint density at radius 2 is 2.00 bits per heavy atom. The number of aromatic hydroxyl groups is 1. The third-order valence-corrected chi connectivity index (χ3v) is 4.80. The lowest BCUT2D eigenvalue weighted by molar-refractivity contribution is 0.191. The summed E-state index contributed by atoms with van der Waals surface area (Å²) in [5.41, 5.74) is 1.55. The number of phenolic OH excluding ortho intramolecular Hbond substituents is 1. The molecule has 0 radical (unpaired) electrons. The molecule has 1 saturated carbocycles. The molecule has 30 heavy (non-hydrogen) atoms. The Kier molecular flexibility index (Phi) is 5.79. The number of halogens is 1. The van der Waals surface area contributed by atoms with E-state index in [0.29, 0.717) is 23.7 Å². The van der Waals surface area contributed by atoms with Gasteiger partial charge in [0.1, 0.15) is 17.3 Å². The first-order valence-corrected chi connectivity index (χ1v) is 9.78. The normalized spacial score (nSPS) is 13.0. The summed E-state index contributed by atoms with van der Waals surface area (Å²) < 4.78 is 19.1. The molecular formula is C23H22FN3O3. The van der Waals surface area contributed by atoms with E-state index in [1.54, 1.807) is 53.6 Å². The number of aromatic nitrogens is 1. The van der Waals surface area contributed by atoms with E-state index in [1.807, 2.05) is 6.07 Å². The molecular weight excluding hydrogens is 385 g/mol. The van der Waals surface area contributed by atoms with Gasteiger partial charge in [-0.3, -0.25) is 0 Å². The summed E-state index contributed by atoms with van der Waals surface area (Å²) >= 11 is 0. The molecule has 0 unspecified atom stereocenters. The van der Waals surface area contributed by atoms with Crippen molar-refractivity contribution in [2.75, 3.05) is 0 Å². The van der Waals surface area contributed by atoms with Crippen molar-refractivity contribution in [3.63, 3.8) is 0 Å². The fourth-order valence-corrected chi connectivity index (χ4v) is 3.17. The number of carbonyl (C=O) groups excluding carboxylic acids is 1. The van der Waals surface area contributed by atoms with E-state index in [1.165, 1.54) is 12.1 Å². The van der Waals surface area contributed by atoms with E-state index in [0.717, 1.165) is 18.4 Å². The quantitative estimate of drug-likeness (QED) is 0.601. The average Bonchev–Trinajstić information content (AvgIpc) is 3.56. The molecule has 1 aliphatic rings. The largest absolute Gasteiger partial charge is 0.508 e. The Hall–Kier alpha value is -3.61. The fourth-order valence-electron chi connectivity index (χ4n) is 3.17. The number of nitrogens with one attached hydrogen (secondary N) is 1. The summed E-state index contributed by atoms with van der Waals surface area (Å²) in [5, 5.41) is 12.6. The second-order valence-electron chi connectivity index (χ2n) is 7.21. The molecule has 6 nitrogen and oxygen atoms in total. The van der Waals surface area contributed by atoms with Crippen molar-refractivity contribution in [3.05, 3.63) is 83.8 Å². The Balaban J connectivity index is 1.42. The number of amides is 2. The molecule has 1 aromatic heterocycles. The molecule has 154 valence electrons. The molecule has 2 amide bonds. The zero-order valence-electron chi connectivity index (χ0n) is 16.3. The van der Waals surface area contributed by atoms with Gasteiger partial charge < -0.3 is 20.1 Å². The van der Waals surface area contributed by atoms with Crippen molar-refractivity contribution in [2.45, 2.75) is 32.0 Å². The maximum atomic E-state index is 13.4.